The van der Waals surface area contributed by atoms with Gasteiger partial charge in [-0.3, -0.25) is 0 Å². The van der Waals surface area contributed by atoms with Gasteiger partial charge in [-0.15, -0.1) is 11.6 Å². The van der Waals surface area contributed by atoms with Crippen LogP contribution in [-0.2, 0) is 0 Å². The number of hydrogen-bond donors (Lipinski definition) is 0. The van der Waals surface area contributed by atoms with Crippen molar-refractivity contribution in [1.82, 2.24) is 10.1 Å². The van der Waals surface area contributed by atoms with Crippen LogP contribution in [0.4, 0.5) is 0 Å². The van der Waals surface area contributed by atoms with Gasteiger partial charge in [0.1, 0.15) is 11.1 Å². The fourth-order valence-electron chi connectivity index (χ4n) is 1.98. The number of aromatic nitrogens is 2. The first-order chi connectivity index (χ1) is 10.3. The van der Waals surface area contributed by atoms with Gasteiger partial charge in [-0.2, -0.15) is 4.98 Å². The lowest BCUT2D eigenvalue weighted by molar-refractivity contribution is 0.383. The van der Waals surface area contributed by atoms with Crippen LogP contribution >= 0.6 is 11.6 Å². The molecule has 0 amide bonds. The number of rotatable bonds is 4. The zero-order chi connectivity index (χ0) is 14.7. The highest BCUT2D eigenvalue weighted by atomic mass is 35.5. The van der Waals surface area contributed by atoms with Gasteiger partial charge in [0.15, 0.2) is 0 Å². The first-order valence-electron chi connectivity index (χ1n) is 6.45. The maximum atomic E-state index is 6.37. The summed E-state index contributed by atoms with van der Waals surface area (Å²) >= 11 is 6.37. The van der Waals surface area contributed by atoms with Crippen LogP contribution in [0.25, 0.3) is 11.4 Å². The van der Waals surface area contributed by atoms with Crippen molar-refractivity contribution in [2.24, 2.45) is 0 Å². The lowest BCUT2D eigenvalue weighted by Crippen LogP contribution is -1.93. The minimum Gasteiger partial charge on any atom is -0.497 e. The molecule has 1 aromatic heterocycles. The summed E-state index contributed by atoms with van der Waals surface area (Å²) in [5.41, 5.74) is 1.74. The molecule has 2 aromatic carbocycles. The van der Waals surface area contributed by atoms with E-state index >= 15 is 0 Å². The lowest BCUT2D eigenvalue weighted by atomic mass is 10.1. The van der Waals surface area contributed by atoms with Crippen molar-refractivity contribution in [3.05, 3.63) is 66.1 Å². The smallest absolute Gasteiger partial charge is 0.249 e. The van der Waals surface area contributed by atoms with E-state index in [1.54, 1.807) is 7.11 Å². The van der Waals surface area contributed by atoms with E-state index in [1.807, 2.05) is 54.6 Å². The van der Waals surface area contributed by atoms with Crippen molar-refractivity contribution in [2.75, 3.05) is 7.11 Å². The molecule has 0 radical (unpaired) electrons. The van der Waals surface area contributed by atoms with Gasteiger partial charge in [0.25, 0.3) is 0 Å². The molecule has 0 fully saturated rings. The quantitative estimate of drug-likeness (QED) is 0.681. The third-order valence-corrected chi connectivity index (χ3v) is 3.52. The standard InChI is InChI=1S/C16H13ClN2O2/c1-20-13-9-5-8-12(10-13)15-18-16(21-19-15)14(17)11-6-3-2-4-7-11/h2-10,14H,1H3. The Hall–Kier alpha value is -2.33. The summed E-state index contributed by atoms with van der Waals surface area (Å²) in [6, 6.07) is 17.1. The first kappa shape index (κ1) is 13.6. The average molecular weight is 301 g/mol. The second kappa shape index (κ2) is 5.97. The van der Waals surface area contributed by atoms with Crippen molar-refractivity contribution in [3.8, 4) is 17.1 Å². The predicted octanol–water partition coefficient (Wildman–Crippen LogP) is 4.07. The maximum Gasteiger partial charge on any atom is 0.249 e. The fourth-order valence-corrected chi connectivity index (χ4v) is 2.22. The highest BCUT2D eigenvalue weighted by molar-refractivity contribution is 6.22. The Kier molecular flexibility index (Phi) is 3.88. The molecular formula is C16H13ClN2O2. The molecule has 0 saturated carbocycles. The van der Waals surface area contributed by atoms with Crippen LogP contribution in [0.1, 0.15) is 16.8 Å². The molecule has 1 atom stereocenters. The number of nitrogens with zero attached hydrogens (tertiary/aromatic N) is 2. The van der Waals surface area contributed by atoms with Gasteiger partial charge in [0.2, 0.25) is 11.7 Å². The van der Waals surface area contributed by atoms with Crippen molar-refractivity contribution in [3.63, 3.8) is 0 Å². The topological polar surface area (TPSA) is 48.2 Å². The highest BCUT2D eigenvalue weighted by Gasteiger charge is 2.19. The van der Waals surface area contributed by atoms with Gasteiger partial charge in [-0.05, 0) is 17.7 Å². The lowest BCUT2D eigenvalue weighted by Gasteiger charge is -2.03. The minimum absolute atomic E-state index is 0.376. The second-order valence-corrected chi connectivity index (χ2v) is 4.90. The van der Waals surface area contributed by atoms with Crippen LogP contribution in [0.15, 0.2) is 59.1 Å². The largest absolute Gasteiger partial charge is 0.497 e. The molecule has 106 valence electrons. The molecule has 21 heavy (non-hydrogen) atoms. The fraction of sp³-hybridized carbons (Fsp3) is 0.125. The Labute approximate surface area is 127 Å². The Morgan fingerprint density at radius 2 is 1.90 bits per heavy atom. The van der Waals surface area contributed by atoms with E-state index in [1.165, 1.54) is 0 Å². The third kappa shape index (κ3) is 2.90. The molecule has 3 aromatic rings. The molecule has 1 unspecified atom stereocenters. The predicted molar refractivity (Wildman–Crippen MR) is 80.4 cm³/mol. The molecule has 0 bridgehead atoms. The monoisotopic (exact) mass is 300 g/mol. The summed E-state index contributed by atoms with van der Waals surface area (Å²) in [4.78, 5) is 4.37. The van der Waals surface area contributed by atoms with Crippen LogP contribution in [0, 0.1) is 0 Å². The van der Waals surface area contributed by atoms with E-state index in [2.05, 4.69) is 10.1 Å². The normalized spacial score (nSPS) is 12.1. The maximum absolute atomic E-state index is 6.37. The van der Waals surface area contributed by atoms with Crippen LogP contribution < -0.4 is 4.74 Å². The Bertz CT molecular complexity index is 728. The first-order valence-corrected chi connectivity index (χ1v) is 6.88. The summed E-state index contributed by atoms with van der Waals surface area (Å²) < 4.78 is 10.5. The zero-order valence-electron chi connectivity index (χ0n) is 11.4. The molecule has 0 aliphatic rings. The summed E-state index contributed by atoms with van der Waals surface area (Å²) in [7, 11) is 1.62. The molecule has 0 spiro atoms. The Morgan fingerprint density at radius 3 is 2.67 bits per heavy atom. The van der Waals surface area contributed by atoms with Crippen LogP contribution in [0.2, 0.25) is 0 Å². The summed E-state index contributed by atoms with van der Waals surface area (Å²) in [6.45, 7) is 0. The number of alkyl halides is 1. The van der Waals surface area contributed by atoms with Crippen LogP contribution in [0.5, 0.6) is 5.75 Å². The molecule has 0 N–H and O–H groups in total. The summed E-state index contributed by atoms with van der Waals surface area (Å²) in [5.74, 6) is 1.61. The van der Waals surface area contributed by atoms with Crippen molar-refractivity contribution in [1.29, 1.82) is 0 Å². The molecule has 0 saturated heterocycles. The number of hydrogen-bond acceptors (Lipinski definition) is 4. The van der Waals surface area contributed by atoms with Crippen molar-refractivity contribution < 1.29 is 9.26 Å². The Balaban J connectivity index is 1.89. The van der Waals surface area contributed by atoms with Gasteiger partial charge in [0.05, 0.1) is 7.11 Å². The molecule has 4 nitrogen and oxygen atoms in total. The SMILES string of the molecule is COc1cccc(-c2noc(C(Cl)c3ccccc3)n2)c1. The third-order valence-electron chi connectivity index (χ3n) is 3.08. The average Bonchev–Trinajstić information content (AvgIpc) is 3.05. The van der Waals surface area contributed by atoms with Gasteiger partial charge in [0, 0.05) is 5.56 Å². The van der Waals surface area contributed by atoms with E-state index in [9.17, 15) is 0 Å². The minimum atomic E-state index is -0.460. The van der Waals surface area contributed by atoms with E-state index in [0.29, 0.717) is 11.7 Å². The Morgan fingerprint density at radius 1 is 1.10 bits per heavy atom. The molecule has 0 aliphatic heterocycles. The number of ether oxygens (including phenoxy) is 1. The molecule has 3 rings (SSSR count). The zero-order valence-corrected chi connectivity index (χ0v) is 12.1. The number of halogens is 1. The number of methoxy groups -OCH3 is 1. The van der Waals surface area contributed by atoms with E-state index in [4.69, 9.17) is 20.9 Å². The molecular weight excluding hydrogens is 288 g/mol. The molecule has 5 heteroatoms. The van der Waals surface area contributed by atoms with Crippen LogP contribution in [-0.4, -0.2) is 17.3 Å². The van der Waals surface area contributed by atoms with Gasteiger partial charge in [-0.25, -0.2) is 0 Å². The van der Waals surface area contributed by atoms with E-state index in [-0.39, 0.29) is 0 Å². The van der Waals surface area contributed by atoms with E-state index in [0.717, 1.165) is 16.9 Å². The molecule has 1 heterocycles. The van der Waals surface area contributed by atoms with Crippen molar-refractivity contribution in [2.45, 2.75) is 5.38 Å². The highest BCUT2D eigenvalue weighted by Crippen LogP contribution is 2.29. The van der Waals surface area contributed by atoms with E-state index < -0.39 is 5.38 Å². The molecule has 0 aliphatic carbocycles. The van der Waals surface area contributed by atoms with Crippen molar-refractivity contribution >= 4 is 11.6 Å². The van der Waals surface area contributed by atoms with Gasteiger partial charge in [-0.1, -0.05) is 47.6 Å². The van der Waals surface area contributed by atoms with Gasteiger partial charge >= 0.3 is 0 Å². The summed E-state index contributed by atoms with van der Waals surface area (Å²) in [6.07, 6.45) is 0. The second-order valence-electron chi connectivity index (χ2n) is 4.46. The van der Waals surface area contributed by atoms with Crippen LogP contribution in [0.3, 0.4) is 0 Å². The number of benzene rings is 2. The van der Waals surface area contributed by atoms with Gasteiger partial charge < -0.3 is 9.26 Å². The summed E-state index contributed by atoms with van der Waals surface area (Å²) in [5, 5.41) is 3.52.